The molecule has 0 radical (unpaired) electrons. The molecule has 1 N–H and O–H groups in total. The highest BCUT2D eigenvalue weighted by atomic mass is 127. The zero-order valence-corrected chi connectivity index (χ0v) is 22.8. The van der Waals surface area contributed by atoms with Crippen LogP contribution in [0.2, 0.25) is 0 Å². The maximum atomic E-state index is 6.16. The largest absolute Gasteiger partial charge is 0.376 e. The van der Waals surface area contributed by atoms with Crippen molar-refractivity contribution in [1.29, 1.82) is 0 Å². The summed E-state index contributed by atoms with van der Waals surface area (Å²) in [4.78, 5) is 12.1. The summed E-state index contributed by atoms with van der Waals surface area (Å²) in [6.45, 7) is 14.1. The molecule has 0 spiro atoms. The average Bonchev–Trinajstić information content (AvgIpc) is 3.22. The van der Waals surface area contributed by atoms with Crippen molar-refractivity contribution < 1.29 is 9.47 Å². The quantitative estimate of drug-likeness (QED) is 0.298. The van der Waals surface area contributed by atoms with Gasteiger partial charge in [0.15, 0.2) is 5.96 Å². The third-order valence-corrected chi connectivity index (χ3v) is 6.68. The molecule has 0 bridgehead atoms. The van der Waals surface area contributed by atoms with Crippen LogP contribution in [0, 0.1) is 0 Å². The molecule has 31 heavy (non-hydrogen) atoms. The van der Waals surface area contributed by atoms with Crippen molar-refractivity contribution in [1.82, 2.24) is 15.2 Å². The number of likely N-dealkylation sites (tertiary alicyclic amines) is 1. The zero-order chi connectivity index (χ0) is 21.4. The van der Waals surface area contributed by atoms with Crippen molar-refractivity contribution in [3.05, 3.63) is 16.1 Å². The predicted molar refractivity (Wildman–Crippen MR) is 140 cm³/mol. The minimum absolute atomic E-state index is 0. The minimum Gasteiger partial charge on any atom is -0.376 e. The number of halogens is 1. The van der Waals surface area contributed by atoms with Gasteiger partial charge in [0.2, 0.25) is 0 Å². The number of nitrogens with zero attached hydrogens (tertiary/aromatic N) is 3. The molecule has 1 unspecified atom stereocenters. The molecule has 178 valence electrons. The Morgan fingerprint density at radius 3 is 2.68 bits per heavy atom. The van der Waals surface area contributed by atoms with Gasteiger partial charge in [-0.25, -0.2) is 4.98 Å². The lowest BCUT2D eigenvalue weighted by molar-refractivity contribution is -0.0721. The van der Waals surface area contributed by atoms with E-state index in [9.17, 15) is 0 Å². The number of hydrogen-bond acceptors (Lipinski definition) is 5. The zero-order valence-electron chi connectivity index (χ0n) is 19.7. The summed E-state index contributed by atoms with van der Waals surface area (Å²) >= 11 is 1.75. The summed E-state index contributed by atoms with van der Waals surface area (Å²) in [5, 5.41) is 6.83. The van der Waals surface area contributed by atoms with Crippen molar-refractivity contribution in [2.24, 2.45) is 4.99 Å². The van der Waals surface area contributed by atoms with Gasteiger partial charge in [-0.1, -0.05) is 20.8 Å². The van der Waals surface area contributed by atoms with Crippen LogP contribution in [0.4, 0.5) is 0 Å². The van der Waals surface area contributed by atoms with E-state index in [2.05, 4.69) is 43.3 Å². The van der Waals surface area contributed by atoms with E-state index in [0.717, 1.165) is 71.0 Å². The molecule has 0 amide bonds. The molecule has 3 rings (SSSR count). The number of hydrogen-bond donors (Lipinski definition) is 1. The highest BCUT2D eigenvalue weighted by Gasteiger charge is 2.24. The number of rotatable bonds is 7. The lowest BCUT2D eigenvalue weighted by Gasteiger charge is -2.35. The molecule has 0 aromatic carbocycles. The van der Waals surface area contributed by atoms with E-state index in [4.69, 9.17) is 19.5 Å². The Morgan fingerprint density at radius 2 is 2.06 bits per heavy atom. The van der Waals surface area contributed by atoms with Gasteiger partial charge in [0.05, 0.1) is 29.5 Å². The van der Waals surface area contributed by atoms with Crippen LogP contribution in [0.3, 0.4) is 0 Å². The lowest BCUT2D eigenvalue weighted by atomic mass is 9.93. The van der Waals surface area contributed by atoms with Gasteiger partial charge < -0.3 is 19.7 Å². The van der Waals surface area contributed by atoms with E-state index >= 15 is 0 Å². The Kier molecular flexibility index (Phi) is 11.5. The molecule has 0 saturated carbocycles. The first kappa shape index (κ1) is 26.8. The van der Waals surface area contributed by atoms with Crippen molar-refractivity contribution in [2.45, 2.75) is 83.8 Å². The monoisotopic (exact) mass is 564 g/mol. The number of aromatic nitrogens is 1. The Bertz CT molecular complexity index is 663. The van der Waals surface area contributed by atoms with Crippen molar-refractivity contribution >= 4 is 41.3 Å². The molecule has 1 aromatic rings. The van der Waals surface area contributed by atoms with E-state index in [1.807, 2.05) is 0 Å². The van der Waals surface area contributed by atoms with Crippen molar-refractivity contribution in [3.8, 4) is 0 Å². The Labute approximate surface area is 209 Å². The van der Waals surface area contributed by atoms with Gasteiger partial charge in [-0.2, -0.15) is 0 Å². The molecule has 2 aliphatic rings. The second-order valence-corrected chi connectivity index (χ2v) is 10.3. The maximum absolute atomic E-state index is 6.16. The van der Waals surface area contributed by atoms with Gasteiger partial charge in [-0.3, -0.25) is 4.99 Å². The van der Waals surface area contributed by atoms with Gasteiger partial charge in [0.1, 0.15) is 0 Å². The fourth-order valence-electron chi connectivity index (χ4n) is 3.87. The molecule has 1 aromatic heterocycles. The topological polar surface area (TPSA) is 59.0 Å². The summed E-state index contributed by atoms with van der Waals surface area (Å²) < 4.78 is 12.0. The molecule has 2 fully saturated rings. The maximum Gasteiger partial charge on any atom is 0.193 e. The normalized spacial score (nSPS) is 21.1. The van der Waals surface area contributed by atoms with Gasteiger partial charge in [0.25, 0.3) is 0 Å². The van der Waals surface area contributed by atoms with Crippen LogP contribution in [0.25, 0.3) is 0 Å². The highest BCUT2D eigenvalue weighted by Crippen LogP contribution is 2.24. The van der Waals surface area contributed by atoms with Gasteiger partial charge in [-0.05, 0) is 39.0 Å². The number of ether oxygens (including phenoxy) is 2. The fourth-order valence-corrected chi connectivity index (χ4v) is 4.88. The third kappa shape index (κ3) is 8.78. The summed E-state index contributed by atoms with van der Waals surface area (Å²) in [5.74, 6) is 1.03. The standard InChI is InChI=1S/C23H40N4O2S.HI/c1-5-24-22(25-12-9-21-26-20(17-30-21)23(2,3)4)27-13-10-18(11-14-27)29-16-19-8-6-7-15-28-19;/h17-19H,5-16H2,1-4H3,(H,24,25);1H. The van der Waals surface area contributed by atoms with Crippen molar-refractivity contribution in [3.63, 3.8) is 0 Å². The number of thiazole rings is 1. The smallest absolute Gasteiger partial charge is 0.193 e. The summed E-state index contributed by atoms with van der Waals surface area (Å²) in [5.41, 5.74) is 1.29. The van der Waals surface area contributed by atoms with Crippen LogP contribution < -0.4 is 5.32 Å². The highest BCUT2D eigenvalue weighted by molar-refractivity contribution is 14.0. The molecule has 2 aliphatic heterocycles. The van der Waals surface area contributed by atoms with Crippen LogP contribution in [0.15, 0.2) is 10.4 Å². The van der Waals surface area contributed by atoms with Gasteiger partial charge >= 0.3 is 0 Å². The van der Waals surface area contributed by atoms with E-state index < -0.39 is 0 Å². The van der Waals surface area contributed by atoms with E-state index in [-0.39, 0.29) is 29.4 Å². The molecule has 1 atom stereocenters. The van der Waals surface area contributed by atoms with Crippen molar-refractivity contribution in [2.75, 3.05) is 39.4 Å². The van der Waals surface area contributed by atoms with Crippen LogP contribution in [0.1, 0.15) is 70.5 Å². The molecular weight excluding hydrogens is 523 g/mol. The first-order valence-electron chi connectivity index (χ1n) is 11.7. The number of guanidine groups is 1. The summed E-state index contributed by atoms with van der Waals surface area (Å²) in [6.07, 6.45) is 7.27. The average molecular weight is 565 g/mol. The van der Waals surface area contributed by atoms with Gasteiger partial charge in [0, 0.05) is 50.0 Å². The molecule has 3 heterocycles. The first-order valence-corrected chi connectivity index (χ1v) is 12.5. The molecule has 2 saturated heterocycles. The summed E-state index contributed by atoms with van der Waals surface area (Å²) in [7, 11) is 0. The van der Waals surface area contributed by atoms with E-state index in [0.29, 0.717) is 12.2 Å². The molecule has 6 nitrogen and oxygen atoms in total. The minimum atomic E-state index is 0. The Hall–Kier alpha value is -0.450. The van der Waals surface area contributed by atoms with E-state index in [1.54, 1.807) is 11.3 Å². The number of piperidine rings is 1. The molecular formula is C23H41IN4O2S. The third-order valence-electron chi connectivity index (χ3n) is 5.78. The second kappa shape index (κ2) is 13.3. The van der Waals surface area contributed by atoms with Crippen LogP contribution in [0.5, 0.6) is 0 Å². The Balaban J connectivity index is 0.00000341. The van der Waals surface area contributed by atoms with Crippen LogP contribution in [-0.2, 0) is 21.3 Å². The first-order chi connectivity index (χ1) is 14.5. The summed E-state index contributed by atoms with van der Waals surface area (Å²) in [6, 6.07) is 0. The SMILES string of the molecule is CCNC(=NCCc1nc(C(C)(C)C)cs1)N1CCC(OCC2CCCCO2)CC1.I. The van der Waals surface area contributed by atoms with Crippen LogP contribution >= 0.6 is 35.3 Å². The van der Waals surface area contributed by atoms with Gasteiger partial charge in [-0.15, -0.1) is 35.3 Å². The Morgan fingerprint density at radius 1 is 1.29 bits per heavy atom. The second-order valence-electron chi connectivity index (χ2n) is 9.37. The lowest BCUT2D eigenvalue weighted by Crippen LogP contribution is -2.47. The van der Waals surface area contributed by atoms with E-state index in [1.165, 1.54) is 23.5 Å². The molecule has 0 aliphatic carbocycles. The van der Waals surface area contributed by atoms with Crippen LogP contribution in [-0.4, -0.2) is 67.4 Å². The predicted octanol–water partition coefficient (Wildman–Crippen LogP) is 4.62. The molecule has 8 heteroatoms. The number of aliphatic imine (C=N–C) groups is 1. The number of nitrogens with one attached hydrogen (secondary N) is 1. The fraction of sp³-hybridized carbons (Fsp3) is 0.826.